The van der Waals surface area contributed by atoms with Gasteiger partial charge in [0.15, 0.2) is 16.7 Å². The van der Waals surface area contributed by atoms with Gasteiger partial charge < -0.3 is 0 Å². The lowest BCUT2D eigenvalue weighted by molar-refractivity contribution is 0.692. The van der Waals surface area contributed by atoms with Crippen LogP contribution in [0.5, 0.6) is 0 Å². The molecule has 3 heterocycles. The van der Waals surface area contributed by atoms with Crippen LogP contribution in [-0.2, 0) is 0 Å². The highest BCUT2D eigenvalue weighted by molar-refractivity contribution is 7.60. The van der Waals surface area contributed by atoms with Crippen LogP contribution in [0.3, 0.4) is 0 Å². The van der Waals surface area contributed by atoms with E-state index in [1.807, 2.05) is 0 Å². The minimum atomic E-state index is -0.471. The number of hydrogen-bond acceptors (Lipinski definition) is 6. The van der Waals surface area contributed by atoms with Crippen molar-refractivity contribution in [3.05, 3.63) is 0 Å². The molecule has 3 aliphatic heterocycles. The lowest BCUT2D eigenvalue weighted by Gasteiger charge is -2.38. The second-order valence-electron chi connectivity index (χ2n) is 1.34. The number of hydrazine groups is 3. The molecule has 0 aromatic carbocycles. The van der Waals surface area contributed by atoms with Gasteiger partial charge in [0.05, 0.1) is 0 Å². The zero-order valence-corrected chi connectivity index (χ0v) is 5.68. The molecule has 3 rings (SSSR count). The summed E-state index contributed by atoms with van der Waals surface area (Å²) in [5, 5.41) is 18.1. The average Bonchev–Trinajstić information content (AvgIpc) is 1.92. The third-order valence-corrected chi connectivity index (χ3v) is 3.36. The summed E-state index contributed by atoms with van der Waals surface area (Å²) in [6.45, 7) is 0. The Balaban J connectivity index is 2.03. The first-order chi connectivity index (χ1) is 3.95. The van der Waals surface area contributed by atoms with Crippen molar-refractivity contribution >= 4 is 16.7 Å². The molecule has 0 aromatic heterocycles. The summed E-state index contributed by atoms with van der Waals surface area (Å²) in [5.74, 6) is 0. The fourth-order valence-corrected chi connectivity index (χ4v) is 3.20. The summed E-state index contributed by atoms with van der Waals surface area (Å²) in [6, 6.07) is 0. The van der Waals surface area contributed by atoms with Crippen LogP contribution < -0.4 is 31.2 Å². The van der Waals surface area contributed by atoms with Crippen molar-refractivity contribution in [1.82, 2.24) is 31.2 Å². The molecule has 0 saturated carbocycles. The first-order valence-electron chi connectivity index (χ1n) is 2.09. The van der Waals surface area contributed by atoms with Gasteiger partial charge in [-0.1, -0.05) is 0 Å². The van der Waals surface area contributed by atoms with Gasteiger partial charge >= 0.3 is 0 Å². The van der Waals surface area contributed by atoms with Crippen molar-refractivity contribution in [3.63, 3.8) is 0 Å². The Labute approximate surface area is 48.9 Å². The second-order valence-corrected chi connectivity index (χ2v) is 4.02. The maximum absolute atomic E-state index is 3.01. The van der Waals surface area contributed by atoms with E-state index in [4.69, 9.17) is 0 Å². The van der Waals surface area contributed by atoms with E-state index < -0.39 is 16.7 Å². The van der Waals surface area contributed by atoms with Crippen LogP contribution in [0.25, 0.3) is 0 Å². The van der Waals surface area contributed by atoms with Gasteiger partial charge in [0.1, 0.15) is 0 Å². The summed E-state index contributed by atoms with van der Waals surface area (Å²) in [4.78, 5) is 0. The SMILES string of the molecule is N1NP2NNP1NN2. The summed E-state index contributed by atoms with van der Waals surface area (Å²) < 4.78 is 0. The first-order valence-corrected chi connectivity index (χ1v) is 4.77. The molecule has 8 heavy (non-hydrogen) atoms. The average molecular weight is 152 g/mol. The molecule has 0 atom stereocenters. The lowest BCUT2D eigenvalue weighted by atomic mass is 12.8. The van der Waals surface area contributed by atoms with E-state index in [0.717, 1.165) is 0 Å². The Morgan fingerprint density at radius 2 is 0.750 bits per heavy atom. The van der Waals surface area contributed by atoms with E-state index in [1.54, 1.807) is 0 Å². The summed E-state index contributed by atoms with van der Waals surface area (Å²) >= 11 is 0. The molecule has 0 aromatic rings. The molecule has 6 N–H and O–H groups in total. The molecular weight excluding hydrogens is 146 g/mol. The van der Waals surface area contributed by atoms with Crippen LogP contribution in [0, 0.1) is 0 Å². The Morgan fingerprint density at radius 1 is 0.500 bits per heavy atom. The molecule has 6 nitrogen and oxygen atoms in total. The number of nitrogens with one attached hydrogen (secondary N) is 6. The monoisotopic (exact) mass is 152 g/mol. The second kappa shape index (κ2) is 2.10. The van der Waals surface area contributed by atoms with Crippen molar-refractivity contribution in [2.24, 2.45) is 0 Å². The number of rotatable bonds is 0. The smallest absolute Gasteiger partial charge is 0.155 e. The molecule has 8 heteroatoms. The Bertz CT molecular complexity index is 61.5. The van der Waals surface area contributed by atoms with E-state index in [1.165, 1.54) is 0 Å². The molecule has 3 fully saturated rings. The fourth-order valence-electron chi connectivity index (χ4n) is 0.468. The fraction of sp³-hybridized carbons (Fsp3) is 0. The number of hydrogen-bond donors (Lipinski definition) is 6. The Morgan fingerprint density at radius 3 is 0.875 bits per heavy atom. The van der Waals surface area contributed by atoms with Crippen molar-refractivity contribution in [3.8, 4) is 0 Å². The Kier molecular flexibility index (Phi) is 1.42. The predicted octanol–water partition coefficient (Wildman–Crippen LogP) is -1.25. The lowest BCUT2D eigenvalue weighted by Crippen LogP contribution is -2.58. The van der Waals surface area contributed by atoms with Gasteiger partial charge in [-0.15, -0.1) is 0 Å². The maximum Gasteiger partial charge on any atom is 0.155 e. The normalized spacial score (nSPS) is 45.0. The van der Waals surface area contributed by atoms with Gasteiger partial charge in [-0.05, 0) is 0 Å². The van der Waals surface area contributed by atoms with Crippen molar-refractivity contribution in [1.29, 1.82) is 0 Å². The van der Waals surface area contributed by atoms with Crippen LogP contribution in [0.1, 0.15) is 0 Å². The van der Waals surface area contributed by atoms with Crippen LogP contribution in [-0.4, -0.2) is 0 Å². The van der Waals surface area contributed by atoms with Crippen molar-refractivity contribution in [2.45, 2.75) is 0 Å². The molecule has 0 aliphatic carbocycles. The highest BCUT2D eigenvalue weighted by atomic mass is 31.2. The third kappa shape index (κ3) is 0.857. The molecule has 0 spiro atoms. The van der Waals surface area contributed by atoms with Crippen LogP contribution in [0.15, 0.2) is 0 Å². The highest BCUT2D eigenvalue weighted by Crippen LogP contribution is 2.34. The zero-order chi connectivity index (χ0) is 5.40. The van der Waals surface area contributed by atoms with E-state index >= 15 is 0 Å². The first kappa shape index (κ1) is 5.41. The van der Waals surface area contributed by atoms with Crippen LogP contribution >= 0.6 is 16.7 Å². The zero-order valence-electron chi connectivity index (χ0n) is 3.89. The molecule has 0 unspecified atom stereocenters. The largest absolute Gasteiger partial charge is 0.201 e. The van der Waals surface area contributed by atoms with Crippen molar-refractivity contribution in [2.75, 3.05) is 0 Å². The van der Waals surface area contributed by atoms with Crippen LogP contribution in [0.2, 0.25) is 0 Å². The van der Waals surface area contributed by atoms with Crippen LogP contribution in [0.4, 0.5) is 0 Å². The summed E-state index contributed by atoms with van der Waals surface area (Å²) in [7, 11) is -0.941. The van der Waals surface area contributed by atoms with E-state index in [0.29, 0.717) is 0 Å². The highest BCUT2D eigenvalue weighted by Gasteiger charge is 2.24. The van der Waals surface area contributed by atoms with Gasteiger partial charge in [0.2, 0.25) is 0 Å². The van der Waals surface area contributed by atoms with Gasteiger partial charge in [-0.2, -0.15) is 0 Å². The van der Waals surface area contributed by atoms with Gasteiger partial charge in [-0.3, -0.25) is 0 Å². The molecule has 3 saturated heterocycles. The molecule has 0 radical (unpaired) electrons. The topological polar surface area (TPSA) is 72.2 Å². The van der Waals surface area contributed by atoms with Gasteiger partial charge in [-0.25, -0.2) is 31.2 Å². The molecule has 2 bridgehead atoms. The maximum atomic E-state index is 3.01. The molecule has 3 aliphatic rings. The minimum absolute atomic E-state index is 0.471. The summed E-state index contributed by atoms with van der Waals surface area (Å²) in [6.07, 6.45) is 0. The minimum Gasteiger partial charge on any atom is -0.201 e. The van der Waals surface area contributed by atoms with Gasteiger partial charge in [0.25, 0.3) is 0 Å². The molecular formula is H6N6P2. The van der Waals surface area contributed by atoms with E-state index in [9.17, 15) is 0 Å². The molecule has 46 valence electrons. The quantitative estimate of drug-likeness (QED) is 0.244. The van der Waals surface area contributed by atoms with Crippen molar-refractivity contribution < 1.29 is 0 Å². The summed E-state index contributed by atoms with van der Waals surface area (Å²) in [5.41, 5.74) is 0. The Hall–Kier alpha value is 0.620. The predicted molar refractivity (Wildman–Crippen MR) is 32.7 cm³/mol. The standard InChI is InChI=1S/H6N6P2/c1-2-8-5-3-7(1)4-6-8/h1-6H. The van der Waals surface area contributed by atoms with E-state index in [-0.39, 0.29) is 0 Å². The third-order valence-electron chi connectivity index (χ3n) is 0.821. The molecule has 0 amide bonds. The number of fused-ring (bicyclic) bond motifs is 3. The van der Waals surface area contributed by atoms with Gasteiger partial charge in [0, 0.05) is 0 Å². The van der Waals surface area contributed by atoms with E-state index in [2.05, 4.69) is 31.2 Å².